The number of furan rings is 1. The van der Waals surface area contributed by atoms with E-state index >= 15 is 0 Å². The Morgan fingerprint density at radius 3 is 2.56 bits per heavy atom. The molecule has 0 unspecified atom stereocenters. The van der Waals surface area contributed by atoms with Gasteiger partial charge in [0.1, 0.15) is 16.3 Å². The first kappa shape index (κ1) is 17.0. The third-order valence-electron chi connectivity index (χ3n) is 3.39. The fraction of sp³-hybridized carbons (Fsp3) is 0.222. The Bertz CT molecular complexity index is 894. The van der Waals surface area contributed by atoms with Crippen molar-refractivity contribution in [2.75, 3.05) is 5.32 Å². The van der Waals surface area contributed by atoms with Crippen LogP contribution in [0.3, 0.4) is 0 Å². The van der Waals surface area contributed by atoms with Crippen molar-refractivity contribution in [2.24, 2.45) is 5.41 Å². The van der Waals surface area contributed by atoms with E-state index in [1.807, 2.05) is 20.8 Å². The molecule has 0 aromatic carbocycles. The van der Waals surface area contributed by atoms with Crippen LogP contribution < -0.4 is 5.32 Å². The van der Waals surface area contributed by atoms with Gasteiger partial charge in [-0.3, -0.25) is 14.6 Å². The van der Waals surface area contributed by atoms with Crippen LogP contribution in [0.5, 0.6) is 0 Å². The van der Waals surface area contributed by atoms with E-state index in [0.717, 1.165) is 11.3 Å². The van der Waals surface area contributed by atoms with Crippen molar-refractivity contribution in [3.05, 3.63) is 53.4 Å². The van der Waals surface area contributed by atoms with E-state index in [4.69, 9.17) is 4.42 Å². The summed E-state index contributed by atoms with van der Waals surface area (Å²) < 4.78 is 5.39. The van der Waals surface area contributed by atoms with Gasteiger partial charge >= 0.3 is 0 Å². The van der Waals surface area contributed by atoms with Crippen molar-refractivity contribution in [2.45, 2.75) is 20.8 Å². The lowest BCUT2D eigenvalue weighted by Crippen LogP contribution is -2.27. The van der Waals surface area contributed by atoms with Crippen LogP contribution in [0.15, 0.2) is 47.2 Å². The number of thiazole rings is 1. The van der Waals surface area contributed by atoms with Crippen LogP contribution >= 0.6 is 11.3 Å². The minimum atomic E-state index is -0.568. The Labute approximate surface area is 148 Å². The standard InChI is InChI=1S/C18H17N3O3S/c1-18(2,3)16(23)21-17-20-13(12-8-6-10-24-12)15(25-17)14(22)11-7-4-5-9-19-11/h4-10H,1-3H3,(H,20,21,23). The molecule has 3 rings (SSSR count). The summed E-state index contributed by atoms with van der Waals surface area (Å²) in [4.78, 5) is 33.9. The number of carbonyl (C=O) groups is 2. The maximum atomic E-state index is 12.8. The van der Waals surface area contributed by atoms with Gasteiger partial charge in [0, 0.05) is 11.6 Å². The SMILES string of the molecule is CC(C)(C)C(=O)Nc1nc(-c2ccco2)c(C(=O)c2ccccn2)s1. The number of carbonyl (C=O) groups excluding carboxylic acids is 2. The van der Waals surface area contributed by atoms with Gasteiger partial charge in [-0.25, -0.2) is 4.98 Å². The summed E-state index contributed by atoms with van der Waals surface area (Å²) in [6.07, 6.45) is 3.07. The molecule has 0 spiro atoms. The number of aromatic nitrogens is 2. The summed E-state index contributed by atoms with van der Waals surface area (Å²) in [7, 11) is 0. The summed E-state index contributed by atoms with van der Waals surface area (Å²) in [5.41, 5.74) is 0.143. The van der Waals surface area contributed by atoms with Gasteiger partial charge in [-0.1, -0.05) is 38.2 Å². The van der Waals surface area contributed by atoms with E-state index in [-0.39, 0.29) is 11.7 Å². The fourth-order valence-electron chi connectivity index (χ4n) is 2.01. The van der Waals surface area contributed by atoms with E-state index < -0.39 is 5.41 Å². The van der Waals surface area contributed by atoms with Gasteiger partial charge in [0.05, 0.1) is 6.26 Å². The Morgan fingerprint density at radius 2 is 1.96 bits per heavy atom. The zero-order chi connectivity index (χ0) is 18.0. The lowest BCUT2D eigenvalue weighted by atomic mass is 9.96. The number of hydrogen-bond donors (Lipinski definition) is 1. The number of hydrogen-bond acceptors (Lipinski definition) is 6. The van der Waals surface area contributed by atoms with E-state index in [9.17, 15) is 9.59 Å². The van der Waals surface area contributed by atoms with E-state index in [2.05, 4.69) is 15.3 Å². The average Bonchev–Trinajstić information content (AvgIpc) is 3.23. The average molecular weight is 355 g/mol. The molecule has 0 aliphatic heterocycles. The topological polar surface area (TPSA) is 85.1 Å². The molecule has 6 nitrogen and oxygen atoms in total. The molecule has 0 atom stereocenters. The third kappa shape index (κ3) is 3.66. The molecule has 0 bridgehead atoms. The van der Waals surface area contributed by atoms with Crippen LogP contribution in [0.25, 0.3) is 11.5 Å². The minimum absolute atomic E-state index is 0.177. The first-order valence-electron chi connectivity index (χ1n) is 7.68. The van der Waals surface area contributed by atoms with Gasteiger partial charge in [0.25, 0.3) is 0 Å². The van der Waals surface area contributed by atoms with Crippen molar-refractivity contribution in [3.63, 3.8) is 0 Å². The largest absolute Gasteiger partial charge is 0.463 e. The monoisotopic (exact) mass is 355 g/mol. The fourth-order valence-corrected chi connectivity index (χ4v) is 2.92. The lowest BCUT2D eigenvalue weighted by Gasteiger charge is -2.15. The maximum absolute atomic E-state index is 12.8. The number of anilines is 1. The minimum Gasteiger partial charge on any atom is -0.463 e. The molecule has 0 fully saturated rings. The van der Waals surface area contributed by atoms with Gasteiger partial charge in [0.2, 0.25) is 11.7 Å². The van der Waals surface area contributed by atoms with Crippen molar-refractivity contribution in [3.8, 4) is 11.5 Å². The Kier molecular flexibility index (Phi) is 4.50. The Morgan fingerprint density at radius 1 is 1.16 bits per heavy atom. The Balaban J connectivity index is 2.01. The highest BCUT2D eigenvalue weighted by molar-refractivity contribution is 7.18. The van der Waals surface area contributed by atoms with Crippen LogP contribution in [0.2, 0.25) is 0 Å². The van der Waals surface area contributed by atoms with Gasteiger partial charge in [0.15, 0.2) is 10.9 Å². The number of ketones is 1. The maximum Gasteiger partial charge on any atom is 0.231 e. The second-order valence-electron chi connectivity index (χ2n) is 6.42. The molecular formula is C18H17N3O3S. The number of rotatable bonds is 4. The molecule has 3 aromatic rings. The molecule has 7 heteroatoms. The van der Waals surface area contributed by atoms with Crippen LogP contribution in [0, 0.1) is 5.41 Å². The molecular weight excluding hydrogens is 338 g/mol. The van der Waals surface area contributed by atoms with E-state index in [1.54, 1.807) is 36.5 Å². The van der Waals surface area contributed by atoms with Crippen molar-refractivity contribution in [1.29, 1.82) is 0 Å². The van der Waals surface area contributed by atoms with Crippen molar-refractivity contribution in [1.82, 2.24) is 9.97 Å². The molecule has 0 aliphatic carbocycles. The number of pyridine rings is 1. The lowest BCUT2D eigenvalue weighted by molar-refractivity contribution is -0.123. The predicted molar refractivity (Wildman–Crippen MR) is 95.6 cm³/mol. The highest BCUT2D eigenvalue weighted by atomic mass is 32.1. The zero-order valence-corrected chi connectivity index (χ0v) is 14.9. The summed E-state index contributed by atoms with van der Waals surface area (Å²) in [6, 6.07) is 8.57. The highest BCUT2D eigenvalue weighted by Crippen LogP contribution is 2.33. The van der Waals surface area contributed by atoms with Crippen molar-refractivity contribution >= 4 is 28.2 Å². The normalized spacial score (nSPS) is 11.3. The number of amides is 1. The second kappa shape index (κ2) is 6.60. The highest BCUT2D eigenvalue weighted by Gasteiger charge is 2.26. The molecule has 3 heterocycles. The summed E-state index contributed by atoms with van der Waals surface area (Å²) in [5.74, 6) is 0.0247. The summed E-state index contributed by atoms with van der Waals surface area (Å²) in [5, 5.41) is 3.12. The summed E-state index contributed by atoms with van der Waals surface area (Å²) in [6.45, 7) is 5.43. The van der Waals surface area contributed by atoms with E-state index in [1.165, 1.54) is 6.26 Å². The predicted octanol–water partition coefficient (Wildman–Crippen LogP) is 4.01. The van der Waals surface area contributed by atoms with Crippen LogP contribution in [0.1, 0.15) is 36.1 Å². The molecule has 3 aromatic heterocycles. The van der Waals surface area contributed by atoms with Gasteiger partial charge in [-0.15, -0.1) is 0 Å². The molecule has 128 valence electrons. The first-order valence-corrected chi connectivity index (χ1v) is 8.50. The Hall–Kier alpha value is -2.80. The van der Waals surface area contributed by atoms with Crippen LogP contribution in [0.4, 0.5) is 5.13 Å². The second-order valence-corrected chi connectivity index (χ2v) is 7.42. The molecule has 1 amide bonds. The molecule has 0 radical (unpaired) electrons. The molecule has 0 aliphatic rings. The number of nitrogens with one attached hydrogen (secondary N) is 1. The van der Waals surface area contributed by atoms with Crippen molar-refractivity contribution < 1.29 is 14.0 Å². The van der Waals surface area contributed by atoms with Gasteiger partial charge < -0.3 is 9.73 Å². The molecule has 0 saturated heterocycles. The summed E-state index contributed by atoms with van der Waals surface area (Å²) >= 11 is 1.11. The zero-order valence-electron chi connectivity index (χ0n) is 14.1. The van der Waals surface area contributed by atoms with Crippen LogP contribution in [-0.2, 0) is 4.79 Å². The first-order chi connectivity index (χ1) is 11.9. The molecule has 1 N–H and O–H groups in total. The van der Waals surface area contributed by atoms with Crippen LogP contribution in [-0.4, -0.2) is 21.7 Å². The van der Waals surface area contributed by atoms with E-state index in [0.29, 0.717) is 27.2 Å². The third-order valence-corrected chi connectivity index (χ3v) is 4.36. The smallest absolute Gasteiger partial charge is 0.231 e. The molecule has 25 heavy (non-hydrogen) atoms. The quantitative estimate of drug-likeness (QED) is 0.715. The molecule has 0 saturated carbocycles. The van der Waals surface area contributed by atoms with Gasteiger partial charge in [-0.05, 0) is 24.3 Å². The van der Waals surface area contributed by atoms with Gasteiger partial charge in [-0.2, -0.15) is 0 Å². The number of nitrogens with zero attached hydrogens (tertiary/aromatic N) is 2.